The van der Waals surface area contributed by atoms with Crippen molar-refractivity contribution in [3.8, 4) is 0 Å². The average molecular weight is 1170 g/mol. The highest BCUT2D eigenvalue weighted by Gasteiger charge is 2.30. The Labute approximate surface area is 479 Å². The lowest BCUT2D eigenvalue weighted by Crippen LogP contribution is -2.30. The van der Waals surface area contributed by atoms with E-state index in [0.717, 1.165) is 89.9 Å². The standard InChI is InChI=1S/C60H116O17P2/c1-5-9-13-16-19-21-23-25-27-29-31-33-36-38-41-45-58(63)71-51-56(77-59(64)46-42-39-35-18-15-11-7-3)53-75-79(68,69)73-49-54(61)48-72-78(66,67)74-52-55(50-70-57(62)44-12-8-4)76-60(65)47-43-40-37-34-32-30-28-26-24-22-20-17-14-10-6-2/h54-56,61H,5-53H2,1-4H3,(H,66,67)(H,68,69)/t54-,55+,56+/m0/s1. The first-order valence-electron chi connectivity index (χ1n) is 31.8. The molecule has 0 aliphatic carbocycles. The molecule has 79 heavy (non-hydrogen) atoms. The molecule has 0 amide bonds. The highest BCUT2D eigenvalue weighted by Crippen LogP contribution is 2.45. The van der Waals surface area contributed by atoms with Crippen LogP contribution >= 0.6 is 15.6 Å². The second-order valence-corrected chi connectivity index (χ2v) is 24.6. The Bertz CT molecular complexity index is 1540. The zero-order valence-corrected chi connectivity index (χ0v) is 52.1. The molecule has 0 saturated carbocycles. The van der Waals surface area contributed by atoms with Gasteiger partial charge in [-0.05, 0) is 25.7 Å². The van der Waals surface area contributed by atoms with Gasteiger partial charge in [-0.15, -0.1) is 0 Å². The minimum absolute atomic E-state index is 0.104. The largest absolute Gasteiger partial charge is 0.472 e. The molecule has 19 heteroatoms. The first-order valence-corrected chi connectivity index (χ1v) is 34.8. The van der Waals surface area contributed by atoms with Gasteiger partial charge in [-0.2, -0.15) is 0 Å². The Morgan fingerprint density at radius 3 is 0.785 bits per heavy atom. The zero-order valence-electron chi connectivity index (χ0n) is 50.3. The van der Waals surface area contributed by atoms with Crippen LogP contribution in [0.1, 0.15) is 304 Å². The second kappa shape index (κ2) is 55.3. The third kappa shape index (κ3) is 55.0. The van der Waals surface area contributed by atoms with Crippen molar-refractivity contribution in [3.05, 3.63) is 0 Å². The quantitative estimate of drug-likeness (QED) is 0.0222. The minimum atomic E-state index is -4.93. The number of ether oxygens (including phenoxy) is 4. The molecule has 468 valence electrons. The highest BCUT2D eigenvalue weighted by molar-refractivity contribution is 7.47. The number of phosphoric acid groups is 2. The van der Waals surface area contributed by atoms with Crippen molar-refractivity contribution < 1.29 is 80.2 Å². The van der Waals surface area contributed by atoms with Crippen LogP contribution in [0.4, 0.5) is 0 Å². The Kier molecular flexibility index (Phi) is 53.9. The summed E-state index contributed by atoms with van der Waals surface area (Å²) < 4.78 is 67.3. The molecule has 0 fully saturated rings. The summed E-state index contributed by atoms with van der Waals surface area (Å²) in [5.41, 5.74) is 0. The molecule has 0 rings (SSSR count). The van der Waals surface area contributed by atoms with Crippen LogP contribution in [-0.4, -0.2) is 96.7 Å². The minimum Gasteiger partial charge on any atom is -0.462 e. The second-order valence-electron chi connectivity index (χ2n) is 21.7. The maximum Gasteiger partial charge on any atom is 0.472 e. The van der Waals surface area contributed by atoms with Crippen LogP contribution in [-0.2, 0) is 65.4 Å². The number of rotatable bonds is 61. The average Bonchev–Trinajstić information content (AvgIpc) is 3.42. The van der Waals surface area contributed by atoms with Crippen LogP contribution in [0, 0.1) is 0 Å². The molecule has 0 bridgehead atoms. The van der Waals surface area contributed by atoms with Crippen LogP contribution in [0.3, 0.4) is 0 Å². The Balaban J connectivity index is 4.94. The van der Waals surface area contributed by atoms with Gasteiger partial charge >= 0.3 is 39.5 Å². The van der Waals surface area contributed by atoms with Crippen LogP contribution in [0.5, 0.6) is 0 Å². The molecule has 0 aromatic heterocycles. The zero-order chi connectivity index (χ0) is 58.3. The summed E-state index contributed by atoms with van der Waals surface area (Å²) in [6.45, 7) is 4.58. The topological polar surface area (TPSA) is 237 Å². The predicted octanol–water partition coefficient (Wildman–Crippen LogP) is 16.4. The van der Waals surface area contributed by atoms with Gasteiger partial charge in [0.15, 0.2) is 12.2 Å². The van der Waals surface area contributed by atoms with Crippen molar-refractivity contribution in [1.82, 2.24) is 0 Å². The Morgan fingerprint density at radius 2 is 0.519 bits per heavy atom. The van der Waals surface area contributed by atoms with Gasteiger partial charge in [-0.25, -0.2) is 9.13 Å². The van der Waals surface area contributed by atoms with Gasteiger partial charge in [0, 0.05) is 25.7 Å². The first kappa shape index (κ1) is 77.1. The molecule has 3 N–H and O–H groups in total. The highest BCUT2D eigenvalue weighted by atomic mass is 31.2. The molecular weight excluding hydrogens is 1050 g/mol. The number of hydrogen-bond acceptors (Lipinski definition) is 15. The van der Waals surface area contributed by atoms with E-state index in [1.165, 1.54) is 135 Å². The fourth-order valence-electron chi connectivity index (χ4n) is 8.90. The van der Waals surface area contributed by atoms with Crippen molar-refractivity contribution in [3.63, 3.8) is 0 Å². The molecule has 17 nitrogen and oxygen atoms in total. The number of esters is 4. The van der Waals surface area contributed by atoms with E-state index in [-0.39, 0.29) is 25.7 Å². The van der Waals surface area contributed by atoms with Crippen LogP contribution < -0.4 is 0 Å². The van der Waals surface area contributed by atoms with E-state index in [0.29, 0.717) is 25.7 Å². The molecule has 0 spiro atoms. The van der Waals surface area contributed by atoms with Gasteiger partial charge in [0.2, 0.25) is 0 Å². The van der Waals surface area contributed by atoms with Gasteiger partial charge in [0.25, 0.3) is 0 Å². The molecule has 2 unspecified atom stereocenters. The molecule has 0 aliphatic rings. The van der Waals surface area contributed by atoms with Crippen molar-refractivity contribution in [1.29, 1.82) is 0 Å². The predicted molar refractivity (Wildman–Crippen MR) is 312 cm³/mol. The lowest BCUT2D eigenvalue weighted by molar-refractivity contribution is -0.161. The third-order valence-electron chi connectivity index (χ3n) is 13.9. The Hall–Kier alpha value is -1.94. The molecule has 0 heterocycles. The smallest absolute Gasteiger partial charge is 0.462 e. The molecule has 0 aliphatic heterocycles. The molecule has 0 saturated heterocycles. The van der Waals surface area contributed by atoms with Gasteiger partial charge in [0.1, 0.15) is 19.3 Å². The van der Waals surface area contributed by atoms with Crippen molar-refractivity contribution in [2.75, 3.05) is 39.6 Å². The summed E-state index contributed by atoms with van der Waals surface area (Å²) in [7, 11) is -9.85. The van der Waals surface area contributed by atoms with E-state index in [1.807, 2.05) is 6.92 Å². The van der Waals surface area contributed by atoms with Crippen LogP contribution in [0.15, 0.2) is 0 Å². The van der Waals surface area contributed by atoms with E-state index in [2.05, 4.69) is 20.8 Å². The molecule has 0 aromatic rings. The third-order valence-corrected chi connectivity index (χ3v) is 15.8. The summed E-state index contributed by atoms with van der Waals surface area (Å²) in [4.78, 5) is 71.3. The van der Waals surface area contributed by atoms with Gasteiger partial charge in [-0.1, -0.05) is 252 Å². The summed E-state index contributed by atoms with van der Waals surface area (Å²) in [6, 6.07) is 0. The molecular formula is C60H116O17P2. The monoisotopic (exact) mass is 1170 g/mol. The Morgan fingerprint density at radius 1 is 0.304 bits per heavy atom. The fraction of sp³-hybridized carbons (Fsp3) is 0.933. The van der Waals surface area contributed by atoms with E-state index in [9.17, 15) is 43.2 Å². The summed E-state index contributed by atoms with van der Waals surface area (Å²) in [5.74, 6) is -2.18. The number of aliphatic hydroxyl groups is 1. The maximum atomic E-state index is 12.9. The van der Waals surface area contributed by atoms with Crippen molar-refractivity contribution >= 4 is 39.5 Å². The fourth-order valence-corrected chi connectivity index (χ4v) is 10.5. The lowest BCUT2D eigenvalue weighted by atomic mass is 10.0. The SMILES string of the molecule is CCCCCCCCCCCCCCCCCC(=O)OC[C@H](COP(=O)(O)OC[C@@H](O)COP(=O)(O)OC[C@@H](COC(=O)CCCC)OC(=O)CCCCCCCCCCCCCCCCC)OC(=O)CCCCCCCCC. The summed E-state index contributed by atoms with van der Waals surface area (Å²) in [6.07, 6.45) is 40.3. The van der Waals surface area contributed by atoms with E-state index in [1.54, 1.807) is 0 Å². The van der Waals surface area contributed by atoms with E-state index in [4.69, 9.17) is 37.0 Å². The number of hydrogen-bond donors (Lipinski definition) is 3. The molecule has 0 radical (unpaired) electrons. The van der Waals surface area contributed by atoms with E-state index >= 15 is 0 Å². The van der Waals surface area contributed by atoms with Crippen LogP contribution in [0.25, 0.3) is 0 Å². The van der Waals surface area contributed by atoms with Crippen LogP contribution in [0.2, 0.25) is 0 Å². The van der Waals surface area contributed by atoms with Gasteiger partial charge < -0.3 is 33.8 Å². The van der Waals surface area contributed by atoms with Crippen molar-refractivity contribution in [2.24, 2.45) is 0 Å². The first-order chi connectivity index (χ1) is 38.2. The number of phosphoric ester groups is 2. The molecule has 0 aromatic carbocycles. The van der Waals surface area contributed by atoms with E-state index < -0.39 is 97.5 Å². The van der Waals surface area contributed by atoms with Crippen molar-refractivity contribution in [2.45, 2.75) is 322 Å². The normalized spacial score (nSPS) is 14.3. The van der Waals surface area contributed by atoms with Gasteiger partial charge in [0.05, 0.1) is 26.4 Å². The number of carbonyl (C=O) groups is 4. The number of aliphatic hydroxyl groups excluding tert-OH is 1. The number of unbranched alkanes of at least 4 members (excludes halogenated alkanes) is 35. The lowest BCUT2D eigenvalue weighted by Gasteiger charge is -2.21. The maximum absolute atomic E-state index is 12.9. The summed E-state index contributed by atoms with van der Waals surface area (Å²) in [5, 5.41) is 10.4. The number of carbonyl (C=O) groups excluding carboxylic acids is 4. The summed E-state index contributed by atoms with van der Waals surface area (Å²) >= 11 is 0. The molecule has 5 atom stereocenters. The van der Waals surface area contributed by atoms with Gasteiger partial charge in [-0.3, -0.25) is 37.3 Å².